The first kappa shape index (κ1) is 18.5. The lowest BCUT2D eigenvalue weighted by Crippen LogP contribution is -2.24. The van der Waals surface area contributed by atoms with E-state index in [0.717, 1.165) is 0 Å². The normalized spacial score (nSPS) is 10.1. The number of rotatable bonds is 7. The number of aromatic carboxylic acids is 2. The molecule has 0 aliphatic heterocycles. The van der Waals surface area contributed by atoms with Crippen LogP contribution in [0.3, 0.4) is 0 Å². The quantitative estimate of drug-likeness (QED) is 0.543. The molecule has 0 bridgehead atoms. The number of H-pyrrole nitrogens is 1. The van der Waals surface area contributed by atoms with Crippen molar-refractivity contribution in [3.05, 3.63) is 45.7 Å². The molecule has 26 heavy (non-hydrogen) atoms. The standard InChI is InChI=1S/C17H15N3O6/c18-6-1-2-7-26-10-5-3-4-9(8-10)11-12(16(22)23)14(19)20-15(21)13(11)17(24)25/h3-5,8H,1-2,7H2,(H,22,23)(H,24,25)(H3,19,20,21). The van der Waals surface area contributed by atoms with Crippen molar-refractivity contribution in [1.29, 1.82) is 5.26 Å². The highest BCUT2D eigenvalue weighted by molar-refractivity contribution is 6.07. The van der Waals surface area contributed by atoms with Crippen LogP contribution in [0.15, 0.2) is 29.1 Å². The molecule has 9 heteroatoms. The Morgan fingerprint density at radius 3 is 2.54 bits per heavy atom. The van der Waals surface area contributed by atoms with Gasteiger partial charge in [0, 0.05) is 12.0 Å². The minimum absolute atomic E-state index is 0.162. The molecular weight excluding hydrogens is 342 g/mol. The number of nitriles is 1. The molecule has 0 aliphatic rings. The van der Waals surface area contributed by atoms with Crippen molar-refractivity contribution in [2.75, 3.05) is 12.3 Å². The Morgan fingerprint density at radius 2 is 1.92 bits per heavy atom. The number of hydrogen-bond acceptors (Lipinski definition) is 6. The second-order valence-electron chi connectivity index (χ2n) is 5.24. The fourth-order valence-electron chi connectivity index (χ4n) is 2.42. The molecule has 0 radical (unpaired) electrons. The summed E-state index contributed by atoms with van der Waals surface area (Å²) < 4.78 is 5.47. The van der Waals surface area contributed by atoms with Crippen LogP contribution in [0.1, 0.15) is 33.6 Å². The van der Waals surface area contributed by atoms with Crippen LogP contribution in [0.2, 0.25) is 0 Å². The van der Waals surface area contributed by atoms with Gasteiger partial charge in [-0.15, -0.1) is 0 Å². The van der Waals surface area contributed by atoms with E-state index < -0.39 is 34.4 Å². The molecule has 2 rings (SSSR count). The largest absolute Gasteiger partial charge is 0.494 e. The number of unbranched alkanes of at least 4 members (excludes halogenated alkanes) is 1. The van der Waals surface area contributed by atoms with Crippen molar-refractivity contribution in [3.8, 4) is 22.9 Å². The second kappa shape index (κ2) is 7.85. The third-order valence-electron chi connectivity index (χ3n) is 3.50. The topological polar surface area (TPSA) is 166 Å². The van der Waals surface area contributed by atoms with Gasteiger partial charge in [-0.3, -0.25) is 4.79 Å². The van der Waals surface area contributed by atoms with Crippen LogP contribution >= 0.6 is 0 Å². The Balaban J connectivity index is 2.60. The summed E-state index contributed by atoms with van der Waals surface area (Å²) in [7, 11) is 0. The monoisotopic (exact) mass is 357 g/mol. The van der Waals surface area contributed by atoms with Crippen molar-refractivity contribution < 1.29 is 24.5 Å². The van der Waals surface area contributed by atoms with Gasteiger partial charge in [0.2, 0.25) is 0 Å². The molecule has 1 aromatic heterocycles. The van der Waals surface area contributed by atoms with E-state index in [4.69, 9.17) is 15.7 Å². The van der Waals surface area contributed by atoms with E-state index in [2.05, 4.69) is 0 Å². The maximum Gasteiger partial charge on any atom is 0.342 e. The van der Waals surface area contributed by atoms with E-state index in [9.17, 15) is 24.6 Å². The highest BCUT2D eigenvalue weighted by Crippen LogP contribution is 2.31. The lowest BCUT2D eigenvalue weighted by atomic mass is 9.95. The fourth-order valence-corrected chi connectivity index (χ4v) is 2.42. The fraction of sp³-hybridized carbons (Fsp3) is 0.176. The number of benzene rings is 1. The van der Waals surface area contributed by atoms with Crippen LogP contribution in [0, 0.1) is 11.3 Å². The van der Waals surface area contributed by atoms with E-state index in [0.29, 0.717) is 18.6 Å². The molecule has 0 spiro atoms. The van der Waals surface area contributed by atoms with E-state index in [1.165, 1.54) is 18.2 Å². The molecule has 9 nitrogen and oxygen atoms in total. The summed E-state index contributed by atoms with van der Waals surface area (Å²) in [5.74, 6) is -3.16. The van der Waals surface area contributed by atoms with Crippen molar-refractivity contribution in [3.63, 3.8) is 0 Å². The molecule has 5 N–H and O–H groups in total. The number of anilines is 1. The summed E-state index contributed by atoms with van der Waals surface area (Å²) in [5, 5.41) is 27.3. The van der Waals surface area contributed by atoms with Gasteiger partial charge in [0.05, 0.1) is 12.7 Å². The highest BCUT2D eigenvalue weighted by atomic mass is 16.5. The lowest BCUT2D eigenvalue weighted by molar-refractivity contribution is 0.0695. The number of nitrogens with zero attached hydrogens (tertiary/aromatic N) is 1. The van der Waals surface area contributed by atoms with Crippen molar-refractivity contribution >= 4 is 17.8 Å². The Morgan fingerprint density at radius 1 is 1.23 bits per heavy atom. The molecule has 1 heterocycles. The van der Waals surface area contributed by atoms with Crippen LogP contribution in [-0.4, -0.2) is 33.7 Å². The Hall–Kier alpha value is -3.80. The van der Waals surface area contributed by atoms with Gasteiger partial charge < -0.3 is 25.7 Å². The van der Waals surface area contributed by atoms with Crippen molar-refractivity contribution in [1.82, 2.24) is 4.98 Å². The van der Waals surface area contributed by atoms with Gasteiger partial charge in [0.15, 0.2) is 0 Å². The van der Waals surface area contributed by atoms with Gasteiger partial charge in [-0.25, -0.2) is 9.59 Å². The molecule has 0 atom stereocenters. The van der Waals surface area contributed by atoms with E-state index in [-0.39, 0.29) is 17.7 Å². The first-order chi connectivity index (χ1) is 12.4. The third-order valence-corrected chi connectivity index (χ3v) is 3.50. The zero-order valence-corrected chi connectivity index (χ0v) is 13.5. The maximum absolute atomic E-state index is 12.0. The molecule has 0 amide bonds. The number of carbonyl (C=O) groups is 2. The average molecular weight is 357 g/mol. The summed E-state index contributed by atoms with van der Waals surface area (Å²) in [4.78, 5) is 37.1. The predicted octanol–water partition coefficient (Wildman–Crippen LogP) is 1.70. The molecular formula is C17H15N3O6. The first-order valence-electron chi connectivity index (χ1n) is 7.49. The summed E-state index contributed by atoms with van der Waals surface area (Å²) in [6.07, 6.45) is 0.816. The Bertz CT molecular complexity index is 958. The molecule has 134 valence electrons. The van der Waals surface area contributed by atoms with E-state index in [1.807, 2.05) is 11.1 Å². The minimum Gasteiger partial charge on any atom is -0.494 e. The summed E-state index contributed by atoms with van der Waals surface area (Å²) >= 11 is 0. The predicted molar refractivity (Wildman–Crippen MR) is 91.2 cm³/mol. The van der Waals surface area contributed by atoms with E-state index in [1.54, 1.807) is 6.07 Å². The third kappa shape index (κ3) is 3.81. The molecule has 0 aliphatic carbocycles. The van der Waals surface area contributed by atoms with Gasteiger partial charge in [-0.05, 0) is 24.1 Å². The number of ether oxygens (including phenoxy) is 1. The van der Waals surface area contributed by atoms with Crippen LogP contribution in [0.5, 0.6) is 5.75 Å². The number of nitrogens with one attached hydrogen (secondary N) is 1. The lowest BCUT2D eigenvalue weighted by Gasteiger charge is -2.13. The number of nitrogen functional groups attached to an aromatic ring is 1. The van der Waals surface area contributed by atoms with Gasteiger partial charge in [0.25, 0.3) is 5.56 Å². The Labute approximate surface area is 147 Å². The minimum atomic E-state index is -1.58. The van der Waals surface area contributed by atoms with E-state index >= 15 is 0 Å². The molecule has 1 aromatic carbocycles. The summed E-state index contributed by atoms with van der Waals surface area (Å²) in [5.41, 5.74) is 3.22. The number of nitrogens with two attached hydrogens (primary N) is 1. The average Bonchev–Trinajstić information content (AvgIpc) is 2.57. The highest BCUT2D eigenvalue weighted by Gasteiger charge is 2.26. The van der Waals surface area contributed by atoms with Crippen LogP contribution < -0.4 is 16.0 Å². The zero-order valence-electron chi connectivity index (χ0n) is 13.5. The summed E-state index contributed by atoms with van der Waals surface area (Å²) in [6.45, 7) is 0.256. The SMILES string of the molecule is N#CCCCOc1cccc(-c2c(C(=O)O)c(N)[nH]c(=O)c2C(=O)O)c1. The van der Waals surface area contributed by atoms with Crippen LogP contribution in [0.25, 0.3) is 11.1 Å². The molecule has 2 aromatic rings. The van der Waals surface area contributed by atoms with Crippen molar-refractivity contribution in [2.24, 2.45) is 0 Å². The molecule has 0 fully saturated rings. The van der Waals surface area contributed by atoms with Gasteiger partial charge in [-0.1, -0.05) is 12.1 Å². The number of pyridine rings is 1. The smallest absolute Gasteiger partial charge is 0.342 e. The number of carboxylic acid groups (broad SMARTS) is 2. The number of carboxylic acids is 2. The first-order valence-corrected chi connectivity index (χ1v) is 7.49. The van der Waals surface area contributed by atoms with Crippen LogP contribution in [-0.2, 0) is 0 Å². The molecule has 0 saturated carbocycles. The Kier molecular flexibility index (Phi) is 5.60. The van der Waals surface area contributed by atoms with Crippen molar-refractivity contribution in [2.45, 2.75) is 12.8 Å². The molecule has 0 saturated heterocycles. The van der Waals surface area contributed by atoms with Gasteiger partial charge in [0.1, 0.15) is 22.7 Å². The number of aromatic amines is 1. The van der Waals surface area contributed by atoms with Crippen LogP contribution in [0.4, 0.5) is 5.82 Å². The number of hydrogen-bond donors (Lipinski definition) is 4. The van der Waals surface area contributed by atoms with Gasteiger partial charge >= 0.3 is 11.9 Å². The van der Waals surface area contributed by atoms with Gasteiger partial charge in [-0.2, -0.15) is 5.26 Å². The molecule has 0 unspecified atom stereocenters. The second-order valence-corrected chi connectivity index (χ2v) is 5.24. The maximum atomic E-state index is 12.0. The zero-order chi connectivity index (χ0) is 19.3. The number of aromatic nitrogens is 1. The summed E-state index contributed by atoms with van der Waals surface area (Å²) in [6, 6.07) is 7.97.